The average Bonchev–Trinajstić information content (AvgIpc) is 2.61. The lowest BCUT2D eigenvalue weighted by Crippen LogP contribution is -2.32. The third-order valence-corrected chi connectivity index (χ3v) is 3.61. The number of carbonyl (C=O) groups is 1. The molecule has 0 spiro atoms. The summed E-state index contributed by atoms with van der Waals surface area (Å²) in [6.07, 6.45) is 0.755. The summed E-state index contributed by atoms with van der Waals surface area (Å²) in [6.45, 7) is 2.38. The number of carbonyl (C=O) groups excluding carboxylic acids is 1. The minimum absolute atomic E-state index is 0.175. The molecule has 0 aliphatic heterocycles. The van der Waals surface area contributed by atoms with Crippen molar-refractivity contribution in [3.63, 3.8) is 0 Å². The maximum atomic E-state index is 13.2. The fourth-order valence-electron chi connectivity index (χ4n) is 2.43. The van der Waals surface area contributed by atoms with E-state index in [1.54, 1.807) is 36.4 Å². The van der Waals surface area contributed by atoms with Crippen LogP contribution in [0.1, 0.15) is 23.8 Å². The number of fused-ring (bicyclic) bond motifs is 1. The van der Waals surface area contributed by atoms with Gasteiger partial charge in [-0.15, -0.1) is 0 Å². The molecule has 24 heavy (non-hydrogen) atoms. The van der Waals surface area contributed by atoms with Crippen molar-refractivity contribution in [2.75, 3.05) is 6.54 Å². The molecule has 2 aromatic carbocycles. The molecule has 0 radical (unpaired) electrons. The normalized spacial score (nSPS) is 10.8. The Morgan fingerprint density at radius 3 is 2.58 bits per heavy atom. The Morgan fingerprint density at radius 2 is 1.88 bits per heavy atom. The Balaban J connectivity index is 2.24. The van der Waals surface area contributed by atoms with Gasteiger partial charge in [0.05, 0.1) is 16.6 Å². The van der Waals surface area contributed by atoms with Crippen molar-refractivity contribution in [1.29, 1.82) is 0 Å². The number of aromatic nitrogens is 2. The molecule has 0 atom stereocenters. The van der Waals surface area contributed by atoms with Crippen LogP contribution in [0.3, 0.4) is 0 Å². The highest BCUT2D eigenvalue weighted by Gasteiger charge is 2.17. The van der Waals surface area contributed by atoms with Crippen molar-refractivity contribution in [2.24, 2.45) is 0 Å². The van der Waals surface area contributed by atoms with Crippen LogP contribution in [0.25, 0.3) is 16.6 Å². The molecule has 3 rings (SSSR count). The van der Waals surface area contributed by atoms with Gasteiger partial charge < -0.3 is 5.32 Å². The Hall–Kier alpha value is -3.02. The molecular weight excluding hydrogens is 309 g/mol. The number of halogens is 1. The summed E-state index contributed by atoms with van der Waals surface area (Å²) >= 11 is 0. The van der Waals surface area contributed by atoms with Crippen molar-refractivity contribution in [1.82, 2.24) is 15.1 Å². The minimum atomic E-state index is -0.511. The summed E-state index contributed by atoms with van der Waals surface area (Å²) in [7, 11) is 0. The predicted molar refractivity (Wildman–Crippen MR) is 89.9 cm³/mol. The van der Waals surface area contributed by atoms with Gasteiger partial charge in [0.2, 0.25) is 5.43 Å². The first kappa shape index (κ1) is 15.9. The lowest BCUT2D eigenvalue weighted by molar-refractivity contribution is 0.0946. The van der Waals surface area contributed by atoms with Gasteiger partial charge in [-0.25, -0.2) is 9.07 Å². The molecule has 0 aliphatic rings. The largest absolute Gasteiger partial charge is 0.351 e. The molecule has 1 amide bonds. The predicted octanol–water partition coefficient (Wildman–Crippen LogP) is 2.66. The molecule has 0 saturated heterocycles. The molecule has 1 N–H and O–H groups in total. The Morgan fingerprint density at radius 1 is 1.17 bits per heavy atom. The number of nitrogens with one attached hydrogen (secondary N) is 1. The van der Waals surface area contributed by atoms with E-state index >= 15 is 0 Å². The van der Waals surface area contributed by atoms with Gasteiger partial charge in [-0.2, -0.15) is 5.10 Å². The number of hydrogen-bond acceptors (Lipinski definition) is 3. The first-order valence-electron chi connectivity index (χ1n) is 7.68. The van der Waals surface area contributed by atoms with Gasteiger partial charge in [0.15, 0.2) is 5.69 Å². The highest BCUT2D eigenvalue weighted by Crippen LogP contribution is 2.16. The molecular formula is C18H16FN3O2. The number of rotatable bonds is 4. The van der Waals surface area contributed by atoms with E-state index in [4.69, 9.17) is 0 Å². The van der Waals surface area contributed by atoms with E-state index in [-0.39, 0.29) is 11.5 Å². The second-order valence-corrected chi connectivity index (χ2v) is 5.34. The summed E-state index contributed by atoms with van der Waals surface area (Å²) in [4.78, 5) is 24.8. The maximum absolute atomic E-state index is 13.2. The summed E-state index contributed by atoms with van der Waals surface area (Å²) in [6, 6.07) is 12.6. The van der Waals surface area contributed by atoms with E-state index in [1.165, 1.54) is 16.8 Å². The van der Waals surface area contributed by atoms with Gasteiger partial charge in [-0.05, 0) is 42.8 Å². The topological polar surface area (TPSA) is 64.0 Å². The van der Waals surface area contributed by atoms with Crippen molar-refractivity contribution in [3.05, 3.63) is 70.3 Å². The van der Waals surface area contributed by atoms with Crippen LogP contribution < -0.4 is 10.7 Å². The third-order valence-electron chi connectivity index (χ3n) is 3.61. The second kappa shape index (κ2) is 6.62. The Labute approximate surface area is 137 Å². The fourth-order valence-corrected chi connectivity index (χ4v) is 2.43. The first-order chi connectivity index (χ1) is 11.6. The number of benzene rings is 2. The molecule has 5 nitrogen and oxygen atoms in total. The zero-order valence-electron chi connectivity index (χ0n) is 13.1. The zero-order valence-corrected chi connectivity index (χ0v) is 13.1. The minimum Gasteiger partial charge on any atom is -0.351 e. The average molecular weight is 325 g/mol. The first-order valence-corrected chi connectivity index (χ1v) is 7.68. The quantitative estimate of drug-likeness (QED) is 0.802. The Kier molecular flexibility index (Phi) is 4.37. The molecule has 0 bridgehead atoms. The third kappa shape index (κ3) is 2.90. The van der Waals surface area contributed by atoms with Gasteiger partial charge in [0.1, 0.15) is 5.82 Å². The molecule has 6 heteroatoms. The van der Waals surface area contributed by atoms with Gasteiger partial charge in [-0.3, -0.25) is 9.59 Å². The molecule has 0 saturated carbocycles. The van der Waals surface area contributed by atoms with E-state index in [2.05, 4.69) is 10.4 Å². The van der Waals surface area contributed by atoms with Crippen LogP contribution in [0.5, 0.6) is 0 Å². The van der Waals surface area contributed by atoms with Crippen molar-refractivity contribution in [2.45, 2.75) is 13.3 Å². The van der Waals surface area contributed by atoms with Crippen molar-refractivity contribution < 1.29 is 9.18 Å². The lowest BCUT2D eigenvalue weighted by Gasteiger charge is -2.12. The molecule has 1 heterocycles. The van der Waals surface area contributed by atoms with Crippen LogP contribution in [0, 0.1) is 5.82 Å². The van der Waals surface area contributed by atoms with Crippen LogP contribution >= 0.6 is 0 Å². The standard InChI is InChI=1S/C18H16FN3O2/c1-2-11-20-18(24)16-17(23)14-5-3-4-6-15(14)22(21-16)13-9-7-12(19)8-10-13/h3-10H,2,11H2,1H3,(H,20,24). The molecule has 0 aliphatic carbocycles. The van der Waals surface area contributed by atoms with Crippen LogP contribution in [0.15, 0.2) is 53.3 Å². The summed E-state index contributed by atoms with van der Waals surface area (Å²) in [5, 5.41) is 7.28. The smallest absolute Gasteiger partial charge is 0.275 e. The summed E-state index contributed by atoms with van der Waals surface area (Å²) in [5.41, 5.74) is 0.530. The molecule has 1 aromatic heterocycles. The SMILES string of the molecule is CCCNC(=O)c1nn(-c2ccc(F)cc2)c2ccccc2c1=O. The molecule has 0 fully saturated rings. The zero-order chi connectivity index (χ0) is 17.1. The van der Waals surface area contributed by atoms with E-state index in [1.807, 2.05) is 6.92 Å². The van der Waals surface area contributed by atoms with Crippen LogP contribution in [-0.2, 0) is 0 Å². The molecule has 3 aromatic rings. The number of nitrogens with zero attached hydrogens (tertiary/aromatic N) is 2. The van der Waals surface area contributed by atoms with Gasteiger partial charge >= 0.3 is 0 Å². The monoisotopic (exact) mass is 325 g/mol. The van der Waals surface area contributed by atoms with E-state index < -0.39 is 11.3 Å². The van der Waals surface area contributed by atoms with Crippen LogP contribution in [0.4, 0.5) is 4.39 Å². The Bertz CT molecular complexity index is 949. The highest BCUT2D eigenvalue weighted by atomic mass is 19.1. The summed E-state index contributed by atoms with van der Waals surface area (Å²) < 4.78 is 14.7. The fraction of sp³-hybridized carbons (Fsp3) is 0.167. The van der Waals surface area contributed by atoms with E-state index in [0.717, 1.165) is 6.42 Å². The highest BCUT2D eigenvalue weighted by molar-refractivity contribution is 5.95. The van der Waals surface area contributed by atoms with Crippen LogP contribution in [0.2, 0.25) is 0 Å². The van der Waals surface area contributed by atoms with E-state index in [0.29, 0.717) is 23.1 Å². The summed E-state index contributed by atoms with van der Waals surface area (Å²) in [5.74, 6) is -0.881. The number of hydrogen-bond donors (Lipinski definition) is 1. The molecule has 0 unspecified atom stereocenters. The lowest BCUT2D eigenvalue weighted by atomic mass is 10.2. The van der Waals surface area contributed by atoms with Gasteiger partial charge in [-0.1, -0.05) is 19.1 Å². The van der Waals surface area contributed by atoms with Gasteiger partial charge in [0.25, 0.3) is 5.91 Å². The van der Waals surface area contributed by atoms with E-state index in [9.17, 15) is 14.0 Å². The van der Waals surface area contributed by atoms with Crippen molar-refractivity contribution >= 4 is 16.8 Å². The maximum Gasteiger partial charge on any atom is 0.275 e. The van der Waals surface area contributed by atoms with Gasteiger partial charge in [0, 0.05) is 6.54 Å². The number of amides is 1. The number of para-hydroxylation sites is 1. The second-order valence-electron chi connectivity index (χ2n) is 5.34. The van der Waals surface area contributed by atoms with Crippen molar-refractivity contribution in [3.8, 4) is 5.69 Å². The van der Waals surface area contributed by atoms with Crippen LogP contribution in [-0.4, -0.2) is 22.2 Å². The molecule has 122 valence electrons.